The number of hydrogen-bond donors (Lipinski definition) is 2. The van der Waals surface area contributed by atoms with Crippen LogP contribution in [0.4, 0.5) is 4.79 Å². The Balaban J connectivity index is 1.45. The first kappa shape index (κ1) is 21.3. The second-order valence-electron chi connectivity index (χ2n) is 8.97. The highest BCUT2D eigenvalue weighted by molar-refractivity contribution is 6.09. The van der Waals surface area contributed by atoms with Gasteiger partial charge < -0.3 is 15.5 Å². The molecule has 3 aliphatic rings. The van der Waals surface area contributed by atoms with Gasteiger partial charge in [-0.15, -0.1) is 0 Å². The molecule has 1 aromatic carbocycles. The van der Waals surface area contributed by atoms with E-state index in [1.807, 2.05) is 19.1 Å². The molecule has 2 atom stereocenters. The molecular formula is C23H30N4O4. The lowest BCUT2D eigenvalue weighted by Gasteiger charge is -2.36. The molecule has 1 aromatic rings. The molecule has 166 valence electrons. The number of hydrogen-bond acceptors (Lipinski definition) is 4. The standard InChI is InChI=1S/C23H30N4O4/c1-15-5-3-4-12-23(15)21(30)27(22(31)25-23)14-19(28)26(18-10-11-18)13-16-6-8-17(9-7-16)20(29)24-2/h6-9,15,18H,3-5,10-14H2,1-2H3,(H,24,29)(H,25,31)/t15-,23+/m1/s1. The number of imide groups is 1. The number of nitrogens with one attached hydrogen (secondary N) is 2. The number of benzene rings is 1. The zero-order valence-electron chi connectivity index (χ0n) is 18.1. The number of amides is 5. The third-order valence-electron chi connectivity index (χ3n) is 6.90. The molecule has 1 aliphatic heterocycles. The van der Waals surface area contributed by atoms with Crippen molar-refractivity contribution in [3.63, 3.8) is 0 Å². The van der Waals surface area contributed by atoms with Crippen molar-refractivity contribution in [3.8, 4) is 0 Å². The number of nitrogens with zero attached hydrogens (tertiary/aromatic N) is 2. The summed E-state index contributed by atoms with van der Waals surface area (Å²) in [4.78, 5) is 53.5. The van der Waals surface area contributed by atoms with Crippen molar-refractivity contribution in [2.75, 3.05) is 13.6 Å². The lowest BCUT2D eigenvalue weighted by Crippen LogP contribution is -2.54. The summed E-state index contributed by atoms with van der Waals surface area (Å²) < 4.78 is 0. The fourth-order valence-electron chi connectivity index (χ4n) is 4.77. The monoisotopic (exact) mass is 426 g/mol. The van der Waals surface area contributed by atoms with Crippen LogP contribution in [0.2, 0.25) is 0 Å². The summed E-state index contributed by atoms with van der Waals surface area (Å²) in [6.07, 6.45) is 5.32. The van der Waals surface area contributed by atoms with Crippen LogP contribution in [-0.4, -0.2) is 58.7 Å². The summed E-state index contributed by atoms with van der Waals surface area (Å²) in [6, 6.07) is 6.80. The normalized spacial score (nSPS) is 25.5. The highest BCUT2D eigenvalue weighted by Crippen LogP contribution is 2.38. The Morgan fingerprint density at radius 1 is 1.16 bits per heavy atom. The van der Waals surface area contributed by atoms with Gasteiger partial charge in [0.1, 0.15) is 12.1 Å². The molecule has 1 heterocycles. The molecule has 2 N–H and O–H groups in total. The Hall–Kier alpha value is -2.90. The Bertz CT molecular complexity index is 895. The SMILES string of the molecule is CNC(=O)c1ccc(CN(C(=O)CN2C(=O)N[C@]3(CCCC[C@H]3C)C2=O)C2CC2)cc1. The Kier molecular flexibility index (Phi) is 5.73. The van der Waals surface area contributed by atoms with Crippen molar-refractivity contribution in [2.45, 2.75) is 63.6 Å². The zero-order valence-corrected chi connectivity index (χ0v) is 18.1. The second-order valence-corrected chi connectivity index (χ2v) is 8.97. The van der Waals surface area contributed by atoms with Crippen molar-refractivity contribution >= 4 is 23.8 Å². The van der Waals surface area contributed by atoms with Gasteiger partial charge in [-0.05, 0) is 49.3 Å². The molecular weight excluding hydrogens is 396 g/mol. The predicted octanol–water partition coefficient (Wildman–Crippen LogP) is 2.04. The molecule has 2 saturated carbocycles. The largest absolute Gasteiger partial charge is 0.355 e. The van der Waals surface area contributed by atoms with E-state index in [9.17, 15) is 19.2 Å². The van der Waals surface area contributed by atoms with Gasteiger partial charge >= 0.3 is 6.03 Å². The quantitative estimate of drug-likeness (QED) is 0.680. The molecule has 8 nitrogen and oxygen atoms in total. The average Bonchev–Trinajstić information content (AvgIpc) is 3.58. The number of rotatable bonds is 6. The first-order valence-electron chi connectivity index (χ1n) is 11.1. The molecule has 0 bridgehead atoms. The van der Waals surface area contributed by atoms with E-state index in [1.165, 1.54) is 0 Å². The molecule has 0 radical (unpaired) electrons. The highest BCUT2D eigenvalue weighted by atomic mass is 16.2. The van der Waals surface area contributed by atoms with E-state index in [1.54, 1.807) is 24.1 Å². The van der Waals surface area contributed by atoms with Crippen molar-refractivity contribution in [1.82, 2.24) is 20.4 Å². The third-order valence-corrected chi connectivity index (χ3v) is 6.90. The van der Waals surface area contributed by atoms with Crippen LogP contribution in [0, 0.1) is 5.92 Å². The molecule has 1 saturated heterocycles. The number of carbonyl (C=O) groups is 4. The van der Waals surface area contributed by atoms with E-state index in [-0.39, 0.29) is 36.2 Å². The van der Waals surface area contributed by atoms with Crippen molar-refractivity contribution in [1.29, 1.82) is 0 Å². The van der Waals surface area contributed by atoms with Crippen LogP contribution in [0.1, 0.15) is 61.4 Å². The van der Waals surface area contributed by atoms with Gasteiger partial charge in [-0.25, -0.2) is 4.79 Å². The second kappa shape index (κ2) is 8.32. The van der Waals surface area contributed by atoms with E-state index in [0.717, 1.165) is 42.6 Å². The van der Waals surface area contributed by atoms with Crippen LogP contribution in [-0.2, 0) is 16.1 Å². The van der Waals surface area contributed by atoms with Crippen LogP contribution >= 0.6 is 0 Å². The Morgan fingerprint density at radius 2 is 1.87 bits per heavy atom. The topological polar surface area (TPSA) is 98.8 Å². The van der Waals surface area contributed by atoms with E-state index in [4.69, 9.17) is 0 Å². The zero-order chi connectivity index (χ0) is 22.2. The van der Waals surface area contributed by atoms with E-state index in [0.29, 0.717) is 18.5 Å². The van der Waals surface area contributed by atoms with Gasteiger partial charge in [0.15, 0.2) is 0 Å². The summed E-state index contributed by atoms with van der Waals surface area (Å²) in [6.45, 7) is 2.16. The Morgan fingerprint density at radius 3 is 2.48 bits per heavy atom. The lowest BCUT2D eigenvalue weighted by molar-refractivity contribution is -0.141. The molecule has 31 heavy (non-hydrogen) atoms. The minimum Gasteiger partial charge on any atom is -0.355 e. The minimum atomic E-state index is -0.851. The molecule has 0 aromatic heterocycles. The average molecular weight is 427 g/mol. The smallest absolute Gasteiger partial charge is 0.325 e. The van der Waals surface area contributed by atoms with Crippen molar-refractivity contribution < 1.29 is 19.2 Å². The molecule has 2 aliphatic carbocycles. The van der Waals surface area contributed by atoms with Crippen LogP contribution in [0.15, 0.2) is 24.3 Å². The fraction of sp³-hybridized carbons (Fsp3) is 0.565. The van der Waals surface area contributed by atoms with Gasteiger partial charge in [0, 0.05) is 25.2 Å². The summed E-state index contributed by atoms with van der Waals surface area (Å²) in [5.74, 6) is -0.576. The maximum Gasteiger partial charge on any atom is 0.325 e. The summed E-state index contributed by atoms with van der Waals surface area (Å²) in [5.41, 5.74) is 0.611. The van der Waals surface area contributed by atoms with Gasteiger partial charge in [-0.3, -0.25) is 19.3 Å². The predicted molar refractivity (Wildman–Crippen MR) is 114 cm³/mol. The van der Waals surface area contributed by atoms with Crippen LogP contribution in [0.5, 0.6) is 0 Å². The molecule has 3 fully saturated rings. The third kappa shape index (κ3) is 4.03. The summed E-state index contributed by atoms with van der Waals surface area (Å²) in [7, 11) is 1.58. The van der Waals surface area contributed by atoms with E-state index < -0.39 is 11.6 Å². The Labute approximate surface area is 182 Å². The fourth-order valence-corrected chi connectivity index (χ4v) is 4.77. The maximum absolute atomic E-state index is 13.2. The molecule has 0 unspecified atom stereocenters. The molecule has 8 heteroatoms. The summed E-state index contributed by atoms with van der Waals surface area (Å²) >= 11 is 0. The first-order valence-corrected chi connectivity index (χ1v) is 11.1. The van der Waals surface area contributed by atoms with E-state index >= 15 is 0 Å². The van der Waals surface area contributed by atoms with Crippen LogP contribution in [0.25, 0.3) is 0 Å². The van der Waals surface area contributed by atoms with Crippen molar-refractivity contribution in [2.24, 2.45) is 5.92 Å². The van der Waals surface area contributed by atoms with Crippen LogP contribution < -0.4 is 10.6 Å². The maximum atomic E-state index is 13.2. The van der Waals surface area contributed by atoms with Gasteiger partial charge in [0.2, 0.25) is 5.91 Å². The molecule has 5 amide bonds. The number of urea groups is 1. The summed E-state index contributed by atoms with van der Waals surface area (Å²) in [5, 5.41) is 5.49. The van der Waals surface area contributed by atoms with Crippen molar-refractivity contribution in [3.05, 3.63) is 35.4 Å². The van der Waals surface area contributed by atoms with Crippen LogP contribution in [0.3, 0.4) is 0 Å². The van der Waals surface area contributed by atoms with Gasteiger partial charge in [-0.1, -0.05) is 31.9 Å². The number of carbonyl (C=O) groups excluding carboxylic acids is 4. The minimum absolute atomic E-state index is 0.0659. The van der Waals surface area contributed by atoms with Gasteiger partial charge in [0.05, 0.1) is 0 Å². The molecule has 4 rings (SSSR count). The van der Waals surface area contributed by atoms with Gasteiger partial charge in [0.25, 0.3) is 11.8 Å². The van der Waals surface area contributed by atoms with E-state index in [2.05, 4.69) is 10.6 Å². The van der Waals surface area contributed by atoms with Gasteiger partial charge in [-0.2, -0.15) is 0 Å². The molecule has 1 spiro atoms. The first-order chi connectivity index (χ1) is 14.9. The lowest BCUT2D eigenvalue weighted by atomic mass is 9.73. The highest BCUT2D eigenvalue weighted by Gasteiger charge is 2.55.